The van der Waals surface area contributed by atoms with Crippen molar-refractivity contribution >= 4 is 23.5 Å². The minimum atomic E-state index is -1.11. The van der Waals surface area contributed by atoms with Gasteiger partial charge in [-0.2, -0.15) is 0 Å². The van der Waals surface area contributed by atoms with Gasteiger partial charge in [0.2, 0.25) is 11.8 Å². The number of carbonyl (C=O) groups excluding carboxylic acids is 2. The number of aromatic carboxylic acids is 1. The van der Waals surface area contributed by atoms with Gasteiger partial charge in [0.05, 0.1) is 23.4 Å². The van der Waals surface area contributed by atoms with Gasteiger partial charge in [0.25, 0.3) is 0 Å². The Bertz CT molecular complexity index is 585. The molecule has 2 N–H and O–H groups in total. The van der Waals surface area contributed by atoms with Gasteiger partial charge in [-0.3, -0.25) is 14.6 Å². The Morgan fingerprint density at radius 3 is 2.71 bits per heavy atom. The lowest BCUT2D eigenvalue weighted by Gasteiger charge is -2.20. The van der Waals surface area contributed by atoms with Crippen LogP contribution in [-0.2, 0) is 9.59 Å². The van der Waals surface area contributed by atoms with Crippen LogP contribution < -0.4 is 5.32 Å². The predicted octanol–water partition coefficient (Wildman–Crippen LogP) is 0.975. The van der Waals surface area contributed by atoms with Gasteiger partial charge in [0.1, 0.15) is 0 Å². The molecule has 1 aromatic heterocycles. The first-order valence-corrected chi connectivity index (χ1v) is 6.67. The third-order valence-electron chi connectivity index (χ3n) is 3.41. The molecule has 7 heteroatoms. The van der Waals surface area contributed by atoms with E-state index in [4.69, 9.17) is 5.11 Å². The third kappa shape index (κ3) is 3.36. The SMILES string of the molecule is CC(C)N1CC(C(=O)Nc2cncc(C(=O)O)c2)CC1=O. The fourth-order valence-electron chi connectivity index (χ4n) is 2.28. The van der Waals surface area contributed by atoms with Gasteiger partial charge in [0.15, 0.2) is 0 Å². The van der Waals surface area contributed by atoms with Crippen LogP contribution in [0.25, 0.3) is 0 Å². The van der Waals surface area contributed by atoms with E-state index in [9.17, 15) is 14.4 Å². The molecule has 112 valence electrons. The second kappa shape index (κ2) is 5.90. The maximum atomic E-state index is 12.1. The number of aromatic nitrogens is 1. The Kier molecular flexibility index (Phi) is 4.21. The minimum Gasteiger partial charge on any atom is -0.478 e. The summed E-state index contributed by atoms with van der Waals surface area (Å²) in [6.07, 6.45) is 2.76. The second-order valence-corrected chi connectivity index (χ2v) is 5.30. The van der Waals surface area contributed by atoms with E-state index in [1.54, 1.807) is 4.90 Å². The van der Waals surface area contributed by atoms with Crippen LogP contribution >= 0.6 is 0 Å². The molecule has 2 rings (SSSR count). The molecule has 1 fully saturated rings. The summed E-state index contributed by atoms with van der Waals surface area (Å²) in [5.41, 5.74) is 0.314. The number of anilines is 1. The molecule has 0 saturated carbocycles. The fraction of sp³-hybridized carbons (Fsp3) is 0.429. The van der Waals surface area contributed by atoms with E-state index in [2.05, 4.69) is 10.3 Å². The van der Waals surface area contributed by atoms with E-state index >= 15 is 0 Å². The molecule has 7 nitrogen and oxygen atoms in total. The first-order chi connectivity index (χ1) is 9.88. The number of likely N-dealkylation sites (tertiary alicyclic amines) is 1. The van der Waals surface area contributed by atoms with Crippen LogP contribution in [0.3, 0.4) is 0 Å². The average Bonchev–Trinajstić information content (AvgIpc) is 2.81. The maximum Gasteiger partial charge on any atom is 0.337 e. The van der Waals surface area contributed by atoms with Crippen molar-refractivity contribution in [3.05, 3.63) is 24.0 Å². The van der Waals surface area contributed by atoms with Crippen LogP contribution in [0, 0.1) is 5.92 Å². The summed E-state index contributed by atoms with van der Waals surface area (Å²) in [4.78, 5) is 40.2. The molecule has 2 amide bonds. The first-order valence-electron chi connectivity index (χ1n) is 6.67. The number of rotatable bonds is 4. The van der Waals surface area contributed by atoms with Crippen molar-refractivity contribution in [2.24, 2.45) is 5.92 Å². The number of amides is 2. The number of carboxylic acid groups (broad SMARTS) is 1. The van der Waals surface area contributed by atoms with E-state index < -0.39 is 11.9 Å². The van der Waals surface area contributed by atoms with Crippen molar-refractivity contribution in [3.63, 3.8) is 0 Å². The van der Waals surface area contributed by atoms with Crippen molar-refractivity contribution < 1.29 is 19.5 Å². The third-order valence-corrected chi connectivity index (χ3v) is 3.41. The molecule has 1 aliphatic rings. The highest BCUT2D eigenvalue weighted by Gasteiger charge is 2.35. The van der Waals surface area contributed by atoms with Crippen LogP contribution in [-0.4, -0.2) is 45.4 Å². The highest BCUT2D eigenvalue weighted by atomic mass is 16.4. The molecule has 1 saturated heterocycles. The molecular formula is C14H17N3O4. The Balaban J connectivity index is 2.04. The van der Waals surface area contributed by atoms with E-state index in [0.717, 1.165) is 0 Å². The largest absolute Gasteiger partial charge is 0.478 e. The first kappa shape index (κ1) is 15.0. The van der Waals surface area contributed by atoms with Crippen molar-refractivity contribution in [2.45, 2.75) is 26.3 Å². The predicted molar refractivity (Wildman–Crippen MR) is 74.8 cm³/mol. The molecular weight excluding hydrogens is 274 g/mol. The van der Waals surface area contributed by atoms with E-state index in [1.165, 1.54) is 18.5 Å². The van der Waals surface area contributed by atoms with Crippen LogP contribution in [0.4, 0.5) is 5.69 Å². The van der Waals surface area contributed by atoms with Crippen molar-refractivity contribution in [3.8, 4) is 0 Å². The van der Waals surface area contributed by atoms with Crippen LogP contribution in [0.1, 0.15) is 30.6 Å². The quantitative estimate of drug-likeness (QED) is 0.861. The van der Waals surface area contributed by atoms with Crippen molar-refractivity contribution in [1.29, 1.82) is 0 Å². The lowest BCUT2D eigenvalue weighted by atomic mass is 10.1. The van der Waals surface area contributed by atoms with E-state index in [1.807, 2.05) is 13.8 Å². The number of carboxylic acids is 1. The number of carbonyl (C=O) groups is 3. The summed E-state index contributed by atoms with van der Waals surface area (Å²) in [6, 6.07) is 1.40. The molecule has 1 atom stereocenters. The van der Waals surface area contributed by atoms with Gasteiger partial charge in [-0.1, -0.05) is 0 Å². The second-order valence-electron chi connectivity index (χ2n) is 5.30. The van der Waals surface area contributed by atoms with Gasteiger partial charge in [0, 0.05) is 25.2 Å². The fourth-order valence-corrected chi connectivity index (χ4v) is 2.28. The summed E-state index contributed by atoms with van der Waals surface area (Å²) in [5.74, 6) is -1.87. The summed E-state index contributed by atoms with van der Waals surface area (Å²) in [6.45, 7) is 4.19. The van der Waals surface area contributed by atoms with Crippen LogP contribution in [0.2, 0.25) is 0 Å². The molecule has 21 heavy (non-hydrogen) atoms. The minimum absolute atomic E-state index is 0.000828. The monoisotopic (exact) mass is 291 g/mol. The molecule has 1 aliphatic heterocycles. The highest BCUT2D eigenvalue weighted by Crippen LogP contribution is 2.21. The number of hydrogen-bond acceptors (Lipinski definition) is 4. The normalized spacial score (nSPS) is 18.1. The zero-order valence-electron chi connectivity index (χ0n) is 11.9. The van der Waals surface area contributed by atoms with Gasteiger partial charge in [-0.05, 0) is 19.9 Å². The lowest BCUT2D eigenvalue weighted by molar-refractivity contribution is -0.129. The molecule has 0 bridgehead atoms. The summed E-state index contributed by atoms with van der Waals surface area (Å²) >= 11 is 0. The highest BCUT2D eigenvalue weighted by molar-refractivity contribution is 5.98. The average molecular weight is 291 g/mol. The van der Waals surface area contributed by atoms with Gasteiger partial charge in [-0.25, -0.2) is 4.79 Å². The number of nitrogens with zero attached hydrogens (tertiary/aromatic N) is 2. The maximum absolute atomic E-state index is 12.1. The van der Waals surface area contributed by atoms with E-state index in [-0.39, 0.29) is 29.8 Å². The van der Waals surface area contributed by atoms with Crippen molar-refractivity contribution in [2.75, 3.05) is 11.9 Å². The Morgan fingerprint density at radius 1 is 1.43 bits per heavy atom. The molecule has 2 heterocycles. The molecule has 1 unspecified atom stereocenters. The zero-order chi connectivity index (χ0) is 15.6. The Labute approximate surface area is 122 Å². The van der Waals surface area contributed by atoms with Crippen LogP contribution in [0.15, 0.2) is 18.5 Å². The summed E-state index contributed by atoms with van der Waals surface area (Å²) in [7, 11) is 0. The molecule has 0 aromatic carbocycles. The zero-order valence-corrected chi connectivity index (χ0v) is 11.9. The van der Waals surface area contributed by atoms with Crippen molar-refractivity contribution in [1.82, 2.24) is 9.88 Å². The summed E-state index contributed by atoms with van der Waals surface area (Å²) in [5, 5.41) is 11.5. The number of hydrogen-bond donors (Lipinski definition) is 2. The van der Waals surface area contributed by atoms with Gasteiger partial charge in [-0.15, -0.1) is 0 Å². The van der Waals surface area contributed by atoms with Crippen LogP contribution in [0.5, 0.6) is 0 Å². The van der Waals surface area contributed by atoms with Gasteiger partial charge >= 0.3 is 5.97 Å². The summed E-state index contributed by atoms with van der Waals surface area (Å²) < 4.78 is 0. The smallest absolute Gasteiger partial charge is 0.337 e. The molecule has 0 radical (unpaired) electrons. The Morgan fingerprint density at radius 2 is 2.14 bits per heavy atom. The van der Waals surface area contributed by atoms with E-state index in [0.29, 0.717) is 12.2 Å². The molecule has 0 aliphatic carbocycles. The van der Waals surface area contributed by atoms with Gasteiger partial charge < -0.3 is 15.3 Å². The topological polar surface area (TPSA) is 99.6 Å². The molecule has 0 spiro atoms. The lowest BCUT2D eigenvalue weighted by Crippen LogP contribution is -2.33. The molecule has 1 aromatic rings. The number of pyridine rings is 1. The Hall–Kier alpha value is -2.44. The standard InChI is InChI=1S/C14H17N3O4/c1-8(2)17-7-10(4-12(17)18)13(19)16-11-3-9(14(20)21)5-15-6-11/h3,5-6,8,10H,4,7H2,1-2H3,(H,16,19)(H,20,21). The number of nitrogens with one attached hydrogen (secondary N) is 1.